The van der Waals surface area contributed by atoms with Crippen LogP contribution in [0.5, 0.6) is 0 Å². The van der Waals surface area contributed by atoms with Crippen LogP contribution in [0.4, 0.5) is 0 Å². The van der Waals surface area contributed by atoms with Gasteiger partial charge >= 0.3 is 0 Å². The molecule has 2 nitrogen and oxygen atoms in total. The smallest absolute Gasteiger partial charge is 0.0207 e. The van der Waals surface area contributed by atoms with Gasteiger partial charge in [-0.3, -0.25) is 0 Å². The summed E-state index contributed by atoms with van der Waals surface area (Å²) in [7, 11) is 0. The Labute approximate surface area is 100 Å². The highest BCUT2D eigenvalue weighted by Crippen LogP contribution is 2.19. The van der Waals surface area contributed by atoms with Crippen molar-refractivity contribution in [3.05, 3.63) is 33.8 Å². The molecule has 0 unspecified atom stereocenters. The molecule has 0 amide bonds. The van der Waals surface area contributed by atoms with Crippen molar-refractivity contribution in [1.82, 2.24) is 0 Å². The van der Waals surface area contributed by atoms with Crippen LogP contribution < -0.4 is 11.5 Å². The molecular weight excluding hydrogens is 252 g/mol. The maximum atomic E-state index is 5.61. The average Bonchev–Trinajstić information content (AvgIpc) is 2.24. The summed E-state index contributed by atoms with van der Waals surface area (Å²) in [5.41, 5.74) is 13.8. The number of hydrogen-bond donors (Lipinski definition) is 2. The molecule has 0 heterocycles. The van der Waals surface area contributed by atoms with Gasteiger partial charge in [0.05, 0.1) is 0 Å². The molecule has 84 valence electrons. The third kappa shape index (κ3) is 3.93. The summed E-state index contributed by atoms with van der Waals surface area (Å²) in [6.45, 7) is 3.46. The van der Waals surface area contributed by atoms with E-state index in [1.165, 1.54) is 15.6 Å². The number of halogens is 1. The molecule has 0 spiro atoms. The fourth-order valence-corrected chi connectivity index (χ4v) is 1.92. The molecule has 0 aliphatic heterocycles. The minimum Gasteiger partial charge on any atom is -0.330 e. The third-order valence-corrected chi connectivity index (χ3v) is 3.60. The van der Waals surface area contributed by atoms with Gasteiger partial charge in [-0.1, -0.05) is 28.1 Å². The molecule has 0 aromatic heterocycles. The molecule has 15 heavy (non-hydrogen) atoms. The zero-order valence-corrected chi connectivity index (χ0v) is 10.8. The highest BCUT2D eigenvalue weighted by atomic mass is 79.9. The van der Waals surface area contributed by atoms with Crippen LogP contribution in [0.25, 0.3) is 0 Å². The van der Waals surface area contributed by atoms with Gasteiger partial charge in [0.1, 0.15) is 0 Å². The zero-order chi connectivity index (χ0) is 11.3. The maximum Gasteiger partial charge on any atom is 0.0207 e. The van der Waals surface area contributed by atoms with E-state index in [1.54, 1.807) is 0 Å². The van der Waals surface area contributed by atoms with Crippen molar-refractivity contribution in [2.24, 2.45) is 17.4 Å². The lowest BCUT2D eigenvalue weighted by Gasteiger charge is -2.12. The highest BCUT2D eigenvalue weighted by molar-refractivity contribution is 9.10. The molecular formula is C12H19BrN2. The van der Waals surface area contributed by atoms with Gasteiger partial charge in [-0.25, -0.2) is 0 Å². The molecule has 0 aliphatic carbocycles. The minimum atomic E-state index is 0.449. The van der Waals surface area contributed by atoms with Crippen LogP contribution in [0, 0.1) is 12.8 Å². The summed E-state index contributed by atoms with van der Waals surface area (Å²) in [4.78, 5) is 0. The molecule has 0 fully saturated rings. The Morgan fingerprint density at radius 1 is 1.27 bits per heavy atom. The van der Waals surface area contributed by atoms with Gasteiger partial charge in [0.25, 0.3) is 0 Å². The van der Waals surface area contributed by atoms with Crippen LogP contribution >= 0.6 is 15.9 Å². The average molecular weight is 271 g/mol. The Kier molecular flexibility index (Phi) is 5.29. The quantitative estimate of drug-likeness (QED) is 0.862. The SMILES string of the molecule is Cc1ccc(CCC(CN)CN)cc1Br. The molecule has 0 saturated heterocycles. The van der Waals surface area contributed by atoms with Crippen molar-refractivity contribution in [1.29, 1.82) is 0 Å². The molecule has 3 heteroatoms. The van der Waals surface area contributed by atoms with Crippen LogP contribution in [0.1, 0.15) is 17.5 Å². The largest absolute Gasteiger partial charge is 0.330 e. The van der Waals surface area contributed by atoms with Crippen molar-refractivity contribution in [3.8, 4) is 0 Å². The normalized spacial score (nSPS) is 11.0. The minimum absolute atomic E-state index is 0.449. The Bertz CT molecular complexity index is 308. The highest BCUT2D eigenvalue weighted by Gasteiger charge is 2.05. The topological polar surface area (TPSA) is 52.0 Å². The Hall–Kier alpha value is -0.380. The van der Waals surface area contributed by atoms with Crippen LogP contribution in [0.15, 0.2) is 22.7 Å². The van der Waals surface area contributed by atoms with Crippen molar-refractivity contribution in [2.45, 2.75) is 19.8 Å². The van der Waals surface area contributed by atoms with Crippen molar-refractivity contribution in [3.63, 3.8) is 0 Å². The van der Waals surface area contributed by atoms with E-state index in [2.05, 4.69) is 41.1 Å². The van der Waals surface area contributed by atoms with Crippen molar-refractivity contribution in [2.75, 3.05) is 13.1 Å². The van der Waals surface area contributed by atoms with E-state index in [9.17, 15) is 0 Å². The van der Waals surface area contributed by atoms with Crippen LogP contribution in [-0.4, -0.2) is 13.1 Å². The van der Waals surface area contributed by atoms with E-state index in [4.69, 9.17) is 11.5 Å². The van der Waals surface area contributed by atoms with Crippen molar-refractivity contribution >= 4 is 15.9 Å². The molecule has 1 aromatic rings. The van der Waals surface area contributed by atoms with Gasteiger partial charge in [0.15, 0.2) is 0 Å². The summed E-state index contributed by atoms with van der Waals surface area (Å²) in [5.74, 6) is 0.449. The lowest BCUT2D eigenvalue weighted by molar-refractivity contribution is 0.508. The number of hydrogen-bond acceptors (Lipinski definition) is 2. The van der Waals surface area contributed by atoms with Gasteiger partial charge in [-0.15, -0.1) is 0 Å². The fourth-order valence-electron chi connectivity index (χ4n) is 1.49. The van der Waals surface area contributed by atoms with Crippen molar-refractivity contribution < 1.29 is 0 Å². The van der Waals surface area contributed by atoms with E-state index in [-0.39, 0.29) is 0 Å². The number of aryl methyl sites for hydroxylation is 2. The van der Waals surface area contributed by atoms with E-state index in [1.807, 2.05) is 0 Å². The number of nitrogens with two attached hydrogens (primary N) is 2. The van der Waals surface area contributed by atoms with Gasteiger partial charge in [0.2, 0.25) is 0 Å². The van der Waals surface area contributed by atoms with Gasteiger partial charge < -0.3 is 11.5 Å². The van der Waals surface area contributed by atoms with E-state index in [0.29, 0.717) is 19.0 Å². The van der Waals surface area contributed by atoms with E-state index < -0.39 is 0 Å². The predicted molar refractivity (Wildman–Crippen MR) is 68.8 cm³/mol. The standard InChI is InChI=1S/C12H19BrN2/c1-9-2-3-10(6-12(9)13)4-5-11(7-14)8-15/h2-3,6,11H,4-5,7-8,14-15H2,1H3. The molecule has 0 atom stereocenters. The first kappa shape index (κ1) is 12.7. The summed E-state index contributed by atoms with van der Waals surface area (Å²) >= 11 is 3.54. The Balaban J connectivity index is 2.54. The number of rotatable bonds is 5. The molecule has 0 saturated carbocycles. The second-order valence-electron chi connectivity index (χ2n) is 3.96. The molecule has 1 aromatic carbocycles. The van der Waals surface area contributed by atoms with Crippen LogP contribution in [-0.2, 0) is 6.42 Å². The summed E-state index contributed by atoms with van der Waals surface area (Å²) < 4.78 is 1.18. The molecule has 0 aliphatic rings. The molecule has 4 N–H and O–H groups in total. The number of benzene rings is 1. The Morgan fingerprint density at radius 3 is 2.47 bits per heavy atom. The fraction of sp³-hybridized carbons (Fsp3) is 0.500. The third-order valence-electron chi connectivity index (χ3n) is 2.74. The summed E-state index contributed by atoms with van der Waals surface area (Å²) in [5, 5.41) is 0. The first-order valence-corrected chi connectivity index (χ1v) is 6.11. The lowest BCUT2D eigenvalue weighted by Crippen LogP contribution is -2.23. The molecule has 0 bridgehead atoms. The maximum absolute atomic E-state index is 5.61. The van der Waals surface area contributed by atoms with E-state index >= 15 is 0 Å². The molecule has 1 rings (SSSR count). The zero-order valence-electron chi connectivity index (χ0n) is 9.17. The monoisotopic (exact) mass is 270 g/mol. The first-order valence-electron chi connectivity index (χ1n) is 5.32. The second-order valence-corrected chi connectivity index (χ2v) is 4.81. The van der Waals surface area contributed by atoms with E-state index in [0.717, 1.165) is 12.8 Å². The second kappa shape index (κ2) is 6.26. The van der Waals surface area contributed by atoms with Crippen LogP contribution in [0.2, 0.25) is 0 Å². The predicted octanol–water partition coefficient (Wildman–Crippen LogP) is 2.22. The summed E-state index contributed by atoms with van der Waals surface area (Å²) in [6.07, 6.45) is 2.13. The van der Waals surface area contributed by atoms with Gasteiger partial charge in [-0.2, -0.15) is 0 Å². The van der Waals surface area contributed by atoms with Crippen LogP contribution in [0.3, 0.4) is 0 Å². The first-order chi connectivity index (χ1) is 7.17. The van der Waals surface area contributed by atoms with Gasteiger partial charge in [0, 0.05) is 4.47 Å². The molecule has 0 radical (unpaired) electrons. The summed E-state index contributed by atoms with van der Waals surface area (Å²) in [6, 6.07) is 6.49. The lowest BCUT2D eigenvalue weighted by atomic mass is 9.99. The Morgan fingerprint density at radius 2 is 1.93 bits per heavy atom. The van der Waals surface area contributed by atoms with Gasteiger partial charge in [-0.05, 0) is 56.0 Å².